The minimum atomic E-state index is -1.01. The molecule has 1 spiro atoms. The van der Waals surface area contributed by atoms with Gasteiger partial charge in [0.1, 0.15) is 6.17 Å². The van der Waals surface area contributed by atoms with Crippen molar-refractivity contribution in [2.24, 2.45) is 11.3 Å². The molecular weight excluding hydrogens is 811 g/mol. The van der Waals surface area contributed by atoms with Crippen molar-refractivity contribution in [2.75, 3.05) is 48.3 Å². The molecule has 5 aromatic rings. The van der Waals surface area contributed by atoms with Crippen molar-refractivity contribution in [3.8, 4) is 11.3 Å². The number of rotatable bonds is 9. The number of likely N-dealkylation sites (tertiary alicyclic amines) is 1. The Bertz CT molecular complexity index is 2600. The van der Waals surface area contributed by atoms with Crippen molar-refractivity contribution < 1.29 is 23.6 Å². The number of nitrogens with zero attached hydrogens (tertiary/aromatic N) is 7. The van der Waals surface area contributed by atoms with Crippen LogP contribution in [0.1, 0.15) is 83.3 Å². The maximum absolute atomic E-state index is 13.6. The number of aromatic nitrogens is 4. The number of piperidine rings is 1. The van der Waals surface area contributed by atoms with Crippen molar-refractivity contribution in [1.29, 1.82) is 0 Å². The van der Waals surface area contributed by atoms with Crippen molar-refractivity contribution in [3.05, 3.63) is 94.4 Å². The minimum absolute atomic E-state index is 0.0640. The van der Waals surface area contributed by atoms with Crippen LogP contribution < -0.4 is 25.8 Å². The maximum Gasteiger partial charge on any atom is 0.328 e. The zero-order valence-corrected chi connectivity index (χ0v) is 35.3. The lowest BCUT2D eigenvalue weighted by molar-refractivity contribution is -0.120. The van der Waals surface area contributed by atoms with Crippen LogP contribution in [-0.2, 0) is 17.6 Å². The molecule has 320 valence electrons. The number of pyridine rings is 1. The van der Waals surface area contributed by atoms with Crippen LogP contribution in [0.5, 0.6) is 0 Å². The van der Waals surface area contributed by atoms with Gasteiger partial charge in [-0.05, 0) is 104 Å². The maximum atomic E-state index is 13.6. The van der Waals surface area contributed by atoms with Crippen molar-refractivity contribution in [2.45, 2.75) is 76.4 Å². The van der Waals surface area contributed by atoms with Gasteiger partial charge in [-0.1, -0.05) is 29.8 Å². The summed E-state index contributed by atoms with van der Waals surface area (Å²) in [7, 11) is 1.81. The number of amides is 5. The monoisotopic (exact) mass is 858 g/mol. The summed E-state index contributed by atoms with van der Waals surface area (Å²) >= 11 is 6.44. The Labute approximate surface area is 363 Å². The van der Waals surface area contributed by atoms with Gasteiger partial charge < -0.3 is 20.4 Å². The smallest absolute Gasteiger partial charge is 0.328 e. The number of alkyl halides is 1. The Balaban J connectivity index is 0.758. The molecule has 16 heteroatoms. The molecule has 62 heavy (non-hydrogen) atoms. The van der Waals surface area contributed by atoms with Crippen molar-refractivity contribution in [1.82, 2.24) is 35.1 Å². The normalized spacial score (nSPS) is 21.0. The molecule has 3 aromatic heterocycles. The molecule has 2 aliphatic carbocycles. The van der Waals surface area contributed by atoms with Gasteiger partial charge in [0.15, 0.2) is 17.2 Å². The number of urea groups is 1. The number of halogens is 2. The number of nitrogens with one attached hydrogen (secondary N) is 3. The molecule has 0 bridgehead atoms. The van der Waals surface area contributed by atoms with Gasteiger partial charge in [-0.25, -0.2) is 18.7 Å². The summed E-state index contributed by atoms with van der Waals surface area (Å²) in [6.45, 7) is 2.32. The highest BCUT2D eigenvalue weighted by Gasteiger charge is 2.41. The minimum Gasteiger partial charge on any atom is -0.385 e. The summed E-state index contributed by atoms with van der Waals surface area (Å²) < 4.78 is 15.1. The van der Waals surface area contributed by atoms with E-state index in [9.17, 15) is 23.6 Å². The third kappa shape index (κ3) is 7.49. The van der Waals surface area contributed by atoms with Crippen molar-refractivity contribution >= 4 is 63.9 Å². The second-order valence-electron chi connectivity index (χ2n) is 17.5. The fourth-order valence-corrected chi connectivity index (χ4v) is 10.2. The molecule has 2 saturated carbocycles. The van der Waals surface area contributed by atoms with E-state index in [1.807, 2.05) is 30.3 Å². The van der Waals surface area contributed by atoms with Crippen LogP contribution in [-0.4, -0.2) is 93.7 Å². The fourth-order valence-electron chi connectivity index (χ4n) is 9.94. The second-order valence-corrected chi connectivity index (χ2v) is 17.9. The number of carbonyl (C=O) groups excluding carboxylic acids is 4. The Morgan fingerprint density at radius 2 is 1.71 bits per heavy atom. The Hall–Kier alpha value is -6.09. The molecule has 0 unspecified atom stereocenters. The van der Waals surface area contributed by atoms with Crippen LogP contribution in [0.2, 0.25) is 5.02 Å². The van der Waals surface area contributed by atoms with Gasteiger partial charge in [-0.15, -0.1) is 5.10 Å². The Kier molecular flexibility index (Phi) is 10.3. The van der Waals surface area contributed by atoms with E-state index in [4.69, 9.17) is 21.7 Å². The standard InChI is InChI=1S/C46H48ClFN10O4/c1-49-36-24-40(54-58-39(26-51-42(36)58)43(60)52-35-23-33(35)48)56-17-11-31-30(3-2-4-37(31)56)34-8-5-28(25-50-34)21-27-9-13-46(14-10-27)15-19-55(20-16-46)44(61)29-6-7-32(47)38(22-29)57-18-12-41(59)53-45(57)62/h2-8,22,24-27,33,35,49H,9-21,23H2,1H3,(H,52,60)(H,53,59,62)/t33-,35+/m0/s1. The zero-order valence-electron chi connectivity index (χ0n) is 34.5. The lowest BCUT2D eigenvalue weighted by atomic mass is 9.65. The summed E-state index contributed by atoms with van der Waals surface area (Å²) in [5, 5.41) is 13.5. The molecule has 2 aromatic carbocycles. The largest absolute Gasteiger partial charge is 0.385 e. The molecule has 14 nitrogen and oxygen atoms in total. The first-order valence-electron chi connectivity index (χ1n) is 21.6. The van der Waals surface area contributed by atoms with Gasteiger partial charge in [0, 0.05) is 75.1 Å². The van der Waals surface area contributed by atoms with Gasteiger partial charge in [0.25, 0.3) is 11.8 Å². The summed E-state index contributed by atoms with van der Waals surface area (Å²) in [4.78, 5) is 65.7. The number of hydrogen-bond donors (Lipinski definition) is 3. The van der Waals surface area contributed by atoms with E-state index >= 15 is 0 Å². The quantitative estimate of drug-likeness (QED) is 0.140. The molecular formula is C46H48ClFN10O4. The summed E-state index contributed by atoms with van der Waals surface area (Å²) in [5.41, 5.74) is 8.18. The number of carbonyl (C=O) groups is 4. The number of hydrogen-bond acceptors (Lipinski definition) is 9. The van der Waals surface area contributed by atoms with Crippen LogP contribution in [0.3, 0.4) is 0 Å². The first-order chi connectivity index (χ1) is 30.1. The predicted octanol–water partition coefficient (Wildman–Crippen LogP) is 7.12. The lowest BCUT2D eigenvalue weighted by Crippen LogP contribution is -2.49. The third-order valence-electron chi connectivity index (χ3n) is 13.7. The molecule has 3 aliphatic heterocycles. The molecule has 5 aliphatic rings. The number of benzene rings is 2. The van der Waals surface area contributed by atoms with E-state index in [-0.39, 0.29) is 35.9 Å². The number of fused-ring (bicyclic) bond motifs is 2. The highest BCUT2D eigenvalue weighted by Crippen LogP contribution is 2.47. The fraction of sp³-hybridized carbons (Fsp3) is 0.413. The average molecular weight is 859 g/mol. The first-order valence-corrected chi connectivity index (χ1v) is 22.0. The van der Waals surface area contributed by atoms with E-state index in [2.05, 4.69) is 50.1 Å². The molecule has 2 atom stereocenters. The molecule has 0 radical (unpaired) electrons. The summed E-state index contributed by atoms with van der Waals surface area (Å²) in [6.07, 6.45) is 11.4. The third-order valence-corrected chi connectivity index (χ3v) is 14.0. The molecule has 5 amide bonds. The number of anilines is 4. The van der Waals surface area contributed by atoms with E-state index in [1.54, 1.807) is 18.2 Å². The van der Waals surface area contributed by atoms with E-state index in [0.29, 0.717) is 59.7 Å². The highest BCUT2D eigenvalue weighted by molar-refractivity contribution is 6.34. The van der Waals surface area contributed by atoms with Gasteiger partial charge in [0.2, 0.25) is 5.91 Å². The van der Waals surface area contributed by atoms with Gasteiger partial charge in [-0.3, -0.25) is 29.6 Å². The van der Waals surface area contributed by atoms with Crippen LogP contribution in [0, 0.1) is 11.3 Å². The molecule has 3 N–H and O–H groups in total. The van der Waals surface area contributed by atoms with Gasteiger partial charge in [0.05, 0.1) is 34.3 Å². The first kappa shape index (κ1) is 40.0. The number of imide groups is 1. The summed E-state index contributed by atoms with van der Waals surface area (Å²) in [5.74, 6) is 0.478. The predicted molar refractivity (Wildman–Crippen MR) is 234 cm³/mol. The average Bonchev–Trinajstić information content (AvgIpc) is 3.60. The Morgan fingerprint density at radius 3 is 2.44 bits per heavy atom. The lowest BCUT2D eigenvalue weighted by Gasteiger charge is -2.46. The summed E-state index contributed by atoms with van der Waals surface area (Å²) in [6, 6.07) is 16.6. The van der Waals surface area contributed by atoms with Crippen LogP contribution in [0.15, 0.2) is 67.0 Å². The Morgan fingerprint density at radius 1 is 0.919 bits per heavy atom. The van der Waals surface area contributed by atoms with Crippen LogP contribution >= 0.6 is 11.6 Å². The van der Waals surface area contributed by atoms with E-state index in [1.165, 1.54) is 26.7 Å². The van der Waals surface area contributed by atoms with E-state index < -0.39 is 24.2 Å². The molecule has 2 saturated heterocycles. The molecule has 6 heterocycles. The molecule has 4 fully saturated rings. The SMILES string of the molecule is CNc1cc(N2CCc3c(-c4ccc(CC5CCC6(CC5)CCN(C(=O)c5ccc(Cl)c(N7CCC(=O)NC7=O)c5)CC6)cn4)cccc32)nn2c(C(=O)N[C@@H]3C[C@@H]3F)cnc12. The van der Waals surface area contributed by atoms with Gasteiger partial charge in [-0.2, -0.15) is 0 Å². The van der Waals surface area contributed by atoms with E-state index in [0.717, 1.165) is 74.0 Å². The second kappa shape index (κ2) is 16.0. The highest BCUT2D eigenvalue weighted by atomic mass is 35.5. The molecule has 10 rings (SSSR count). The van der Waals surface area contributed by atoms with Crippen LogP contribution in [0.4, 0.5) is 32.1 Å². The topological polar surface area (TPSA) is 157 Å². The van der Waals surface area contributed by atoms with Crippen LogP contribution in [0.25, 0.3) is 16.9 Å². The van der Waals surface area contributed by atoms with Gasteiger partial charge >= 0.3 is 6.03 Å². The zero-order chi connectivity index (χ0) is 42.7. The van der Waals surface area contributed by atoms with Crippen molar-refractivity contribution in [3.63, 3.8) is 0 Å². The number of imidazole rings is 1.